The largest absolute Gasteiger partial charge is 0.493 e. The van der Waals surface area contributed by atoms with Crippen molar-refractivity contribution in [3.05, 3.63) is 58.9 Å². The molecule has 0 aromatic heterocycles. The van der Waals surface area contributed by atoms with Gasteiger partial charge in [-0.1, -0.05) is 28.9 Å². The Kier molecular flexibility index (Phi) is 6.92. The Hall–Kier alpha value is -3.10. The first-order chi connectivity index (χ1) is 17.0. The number of fused-ring (bicyclic) bond motifs is 3. The molecule has 0 saturated carbocycles. The van der Waals surface area contributed by atoms with E-state index in [2.05, 4.69) is 28.0 Å². The topological polar surface area (TPSA) is 55.8 Å². The van der Waals surface area contributed by atoms with Gasteiger partial charge in [0.05, 0.1) is 20.1 Å². The smallest absolute Gasteiger partial charge is 0.164 e. The van der Waals surface area contributed by atoms with E-state index in [1.165, 1.54) is 17.7 Å². The van der Waals surface area contributed by atoms with E-state index in [9.17, 15) is 4.39 Å². The first-order valence-electron chi connectivity index (χ1n) is 12.0. The summed E-state index contributed by atoms with van der Waals surface area (Å²) < 4.78 is 30.1. The summed E-state index contributed by atoms with van der Waals surface area (Å²) >= 11 is 0. The number of ether oxygens (including phenoxy) is 3. The summed E-state index contributed by atoms with van der Waals surface area (Å²) in [4.78, 5) is 10.8. The maximum absolute atomic E-state index is 13.1. The highest BCUT2D eigenvalue weighted by molar-refractivity contribution is 6.06. The van der Waals surface area contributed by atoms with Crippen molar-refractivity contribution in [1.29, 1.82) is 0 Å². The molecule has 0 amide bonds. The summed E-state index contributed by atoms with van der Waals surface area (Å²) in [5, 5.41) is 4.45. The standard InChI is InChI=1S/C27H32FN3O4/c1-18(12-19-4-6-20(28)7-5-19)15-30-8-10-31(11-9-30)16-26-22-17-34-23-14-25(33-3)24(32-2)13-21(23)27(22)29-35-26/h4-7,12-14,22,26H,8-11,15-17H2,1-3H3/b18-12+. The first-order valence-corrected chi connectivity index (χ1v) is 12.0. The van der Waals surface area contributed by atoms with Gasteiger partial charge in [0.15, 0.2) is 17.6 Å². The van der Waals surface area contributed by atoms with E-state index in [1.54, 1.807) is 14.2 Å². The molecule has 2 aromatic rings. The fourth-order valence-corrected chi connectivity index (χ4v) is 5.02. The number of nitrogens with zero attached hydrogens (tertiary/aromatic N) is 3. The molecule has 0 radical (unpaired) electrons. The van der Waals surface area contributed by atoms with Gasteiger partial charge < -0.3 is 19.0 Å². The molecule has 0 bridgehead atoms. The number of benzene rings is 2. The second-order valence-corrected chi connectivity index (χ2v) is 9.36. The van der Waals surface area contributed by atoms with Crippen LogP contribution in [0.1, 0.15) is 18.1 Å². The monoisotopic (exact) mass is 481 g/mol. The van der Waals surface area contributed by atoms with Crippen molar-refractivity contribution in [2.45, 2.75) is 13.0 Å². The SMILES string of the molecule is COc1cc2c(cc1OC)C1=NOC(CN3CCN(C/C(C)=C/c4ccc(F)cc4)CC3)C1CO2. The van der Waals surface area contributed by atoms with Gasteiger partial charge in [-0.05, 0) is 30.7 Å². The van der Waals surface area contributed by atoms with Crippen LogP contribution in [-0.2, 0) is 4.84 Å². The molecule has 186 valence electrons. The number of hydrogen-bond acceptors (Lipinski definition) is 7. The van der Waals surface area contributed by atoms with Crippen LogP contribution in [0.4, 0.5) is 4.39 Å². The molecule has 8 heteroatoms. The number of piperazine rings is 1. The zero-order valence-electron chi connectivity index (χ0n) is 20.5. The van der Waals surface area contributed by atoms with Gasteiger partial charge in [-0.25, -0.2) is 4.39 Å². The quantitative estimate of drug-likeness (QED) is 0.602. The minimum atomic E-state index is -0.205. The lowest BCUT2D eigenvalue weighted by atomic mass is 9.90. The van der Waals surface area contributed by atoms with Crippen molar-refractivity contribution in [3.8, 4) is 17.2 Å². The molecule has 2 aromatic carbocycles. The van der Waals surface area contributed by atoms with E-state index in [0.29, 0.717) is 18.1 Å². The van der Waals surface area contributed by atoms with Gasteiger partial charge in [-0.3, -0.25) is 9.80 Å². The van der Waals surface area contributed by atoms with Crippen molar-refractivity contribution in [2.24, 2.45) is 11.1 Å². The van der Waals surface area contributed by atoms with Gasteiger partial charge in [-0.15, -0.1) is 0 Å². The van der Waals surface area contributed by atoms with Crippen LogP contribution in [0.3, 0.4) is 0 Å². The second kappa shape index (κ2) is 10.3. The van der Waals surface area contributed by atoms with Crippen molar-refractivity contribution in [1.82, 2.24) is 9.80 Å². The van der Waals surface area contributed by atoms with E-state index in [-0.39, 0.29) is 17.8 Å². The molecule has 3 aliphatic heterocycles. The van der Waals surface area contributed by atoms with E-state index >= 15 is 0 Å². The lowest BCUT2D eigenvalue weighted by molar-refractivity contribution is 0.0101. The molecule has 2 unspecified atom stereocenters. The average Bonchev–Trinajstić information content (AvgIpc) is 3.28. The predicted molar refractivity (Wildman–Crippen MR) is 133 cm³/mol. The highest BCUT2D eigenvalue weighted by Gasteiger charge is 2.41. The van der Waals surface area contributed by atoms with E-state index in [0.717, 1.165) is 61.9 Å². The van der Waals surface area contributed by atoms with Crippen LogP contribution >= 0.6 is 0 Å². The van der Waals surface area contributed by atoms with E-state index in [1.807, 2.05) is 24.3 Å². The second-order valence-electron chi connectivity index (χ2n) is 9.36. The lowest BCUT2D eigenvalue weighted by Gasteiger charge is -2.36. The fraction of sp³-hybridized carbons (Fsp3) is 0.444. The first kappa shape index (κ1) is 23.6. The molecule has 0 spiro atoms. The summed E-state index contributed by atoms with van der Waals surface area (Å²) in [6.07, 6.45) is 2.10. The molecule has 7 nitrogen and oxygen atoms in total. The van der Waals surface area contributed by atoms with Crippen molar-refractivity contribution >= 4 is 11.8 Å². The number of hydrogen-bond donors (Lipinski definition) is 0. The van der Waals surface area contributed by atoms with Gasteiger partial charge in [-0.2, -0.15) is 0 Å². The van der Waals surface area contributed by atoms with Crippen LogP contribution in [0.25, 0.3) is 6.08 Å². The van der Waals surface area contributed by atoms with Crippen LogP contribution in [0.15, 0.2) is 47.1 Å². The predicted octanol–water partition coefficient (Wildman–Crippen LogP) is 3.68. The molecule has 3 aliphatic rings. The Bertz CT molecular complexity index is 1110. The molecule has 35 heavy (non-hydrogen) atoms. The van der Waals surface area contributed by atoms with Crippen molar-refractivity contribution in [2.75, 3.05) is 60.1 Å². The summed E-state index contributed by atoms with van der Waals surface area (Å²) in [5.74, 6) is 1.94. The van der Waals surface area contributed by atoms with Crippen LogP contribution < -0.4 is 14.2 Å². The summed E-state index contributed by atoms with van der Waals surface area (Å²) in [6.45, 7) is 8.36. The Morgan fingerprint density at radius 3 is 2.46 bits per heavy atom. The van der Waals surface area contributed by atoms with Gasteiger partial charge in [0.25, 0.3) is 0 Å². The average molecular weight is 482 g/mol. The minimum absolute atomic E-state index is 0.0297. The molecule has 2 atom stereocenters. The van der Waals surface area contributed by atoms with Gasteiger partial charge in [0, 0.05) is 50.9 Å². The Morgan fingerprint density at radius 2 is 1.74 bits per heavy atom. The Balaban J connectivity index is 1.14. The third kappa shape index (κ3) is 5.13. The molecule has 1 fully saturated rings. The van der Waals surface area contributed by atoms with Crippen molar-refractivity contribution < 1.29 is 23.4 Å². The highest BCUT2D eigenvalue weighted by atomic mass is 19.1. The molecular weight excluding hydrogens is 449 g/mol. The van der Waals surface area contributed by atoms with Gasteiger partial charge in [0.1, 0.15) is 23.9 Å². The molecular formula is C27H32FN3O4. The number of halogens is 1. The fourth-order valence-electron chi connectivity index (χ4n) is 5.02. The van der Waals surface area contributed by atoms with Crippen LogP contribution in [0, 0.1) is 11.7 Å². The third-order valence-electron chi connectivity index (χ3n) is 6.93. The Labute approximate surface area is 205 Å². The Morgan fingerprint density at radius 1 is 1.06 bits per heavy atom. The normalized spacial score (nSPS) is 22.5. The molecule has 0 N–H and O–H groups in total. The third-order valence-corrected chi connectivity index (χ3v) is 6.93. The molecule has 5 rings (SSSR count). The minimum Gasteiger partial charge on any atom is -0.493 e. The number of rotatable bonds is 7. The van der Waals surface area contributed by atoms with Crippen LogP contribution in [0.5, 0.6) is 17.2 Å². The summed E-state index contributed by atoms with van der Waals surface area (Å²) in [7, 11) is 3.24. The lowest BCUT2D eigenvalue weighted by Crippen LogP contribution is -2.50. The maximum Gasteiger partial charge on any atom is 0.164 e. The van der Waals surface area contributed by atoms with Gasteiger partial charge in [0.2, 0.25) is 0 Å². The van der Waals surface area contributed by atoms with Crippen LogP contribution in [-0.4, -0.2) is 81.7 Å². The van der Waals surface area contributed by atoms with Gasteiger partial charge >= 0.3 is 0 Å². The molecule has 3 heterocycles. The maximum atomic E-state index is 13.1. The zero-order valence-corrected chi connectivity index (χ0v) is 20.5. The van der Waals surface area contributed by atoms with Crippen LogP contribution in [0.2, 0.25) is 0 Å². The number of methoxy groups -OCH3 is 2. The summed E-state index contributed by atoms with van der Waals surface area (Å²) in [6, 6.07) is 10.4. The number of oxime groups is 1. The molecule has 0 aliphatic carbocycles. The summed E-state index contributed by atoms with van der Waals surface area (Å²) in [5.41, 5.74) is 4.14. The molecule has 1 saturated heterocycles. The zero-order chi connectivity index (χ0) is 24.4. The van der Waals surface area contributed by atoms with E-state index < -0.39 is 0 Å². The van der Waals surface area contributed by atoms with Crippen molar-refractivity contribution in [3.63, 3.8) is 0 Å². The van der Waals surface area contributed by atoms with E-state index in [4.69, 9.17) is 19.0 Å². The highest BCUT2D eigenvalue weighted by Crippen LogP contribution is 2.40.